The normalized spacial score (nSPS) is 13.1. The lowest BCUT2D eigenvalue weighted by Gasteiger charge is -2.23. The van der Waals surface area contributed by atoms with Gasteiger partial charge in [-0.1, -0.05) is 30.3 Å². The predicted molar refractivity (Wildman–Crippen MR) is 52.9 cm³/mol. The number of hydrogen-bond acceptors (Lipinski definition) is 3. The van der Waals surface area contributed by atoms with Crippen molar-refractivity contribution in [3.05, 3.63) is 35.9 Å². The van der Waals surface area contributed by atoms with Crippen LogP contribution in [0.4, 0.5) is 0 Å². The van der Waals surface area contributed by atoms with Crippen LogP contribution in [0, 0.1) is 0 Å². The van der Waals surface area contributed by atoms with Crippen molar-refractivity contribution in [2.24, 2.45) is 0 Å². The van der Waals surface area contributed by atoms with Gasteiger partial charge in [-0.2, -0.15) is 0 Å². The molecule has 1 rings (SSSR count). The average molecular weight is 214 g/mol. The first-order chi connectivity index (χ1) is 6.74. The zero-order valence-electron chi connectivity index (χ0n) is 7.63. The lowest BCUT2D eigenvalue weighted by Crippen LogP contribution is -2.28. The molecule has 4 nitrogen and oxygen atoms in total. The third-order valence-electron chi connectivity index (χ3n) is 1.76. The topological polar surface area (TPSA) is 63.6 Å². The van der Waals surface area contributed by atoms with Crippen molar-refractivity contribution in [1.82, 2.24) is 4.31 Å². The summed E-state index contributed by atoms with van der Waals surface area (Å²) in [5.74, 6) is 0. The molecular weight excluding hydrogens is 202 g/mol. The van der Waals surface area contributed by atoms with E-state index in [-0.39, 0.29) is 13.2 Å². The molecule has 0 saturated carbocycles. The molecule has 0 heterocycles. The maximum atomic E-state index is 10.7. The van der Waals surface area contributed by atoms with Crippen LogP contribution in [-0.2, 0) is 17.8 Å². The summed E-state index contributed by atoms with van der Waals surface area (Å²) in [6, 6.07) is 9.25. The minimum absolute atomic E-state index is 0.130. The third-order valence-corrected chi connectivity index (χ3v) is 2.50. The molecule has 1 N–H and O–H groups in total. The molecule has 1 aromatic rings. The number of nitrogens with zero attached hydrogens (tertiary/aromatic N) is 1. The Morgan fingerprint density at radius 3 is 2.50 bits per heavy atom. The van der Waals surface area contributed by atoms with Gasteiger partial charge in [-0.15, -0.1) is 0 Å². The van der Waals surface area contributed by atoms with Gasteiger partial charge >= 0.3 is 0 Å². The second-order valence-electron chi connectivity index (χ2n) is 2.79. The van der Waals surface area contributed by atoms with E-state index < -0.39 is 11.3 Å². The van der Waals surface area contributed by atoms with Gasteiger partial charge in [-0.25, -0.2) is 4.31 Å². The van der Waals surface area contributed by atoms with Crippen molar-refractivity contribution in [1.29, 1.82) is 0 Å². The minimum Gasteiger partial charge on any atom is -0.760 e. The van der Waals surface area contributed by atoms with E-state index in [2.05, 4.69) is 0 Å². The summed E-state index contributed by atoms with van der Waals surface area (Å²) in [6.07, 6.45) is 0. The molecular formula is C9H12NO3S-. The molecule has 0 amide bonds. The molecule has 0 bridgehead atoms. The van der Waals surface area contributed by atoms with Gasteiger partial charge in [0.25, 0.3) is 0 Å². The van der Waals surface area contributed by atoms with E-state index >= 15 is 0 Å². The van der Waals surface area contributed by atoms with Gasteiger partial charge in [0.15, 0.2) is 0 Å². The standard InChI is InChI=1S/C9H13NO3S/c11-7-6-10(14(12)13)8-9-4-2-1-3-5-9/h1-5,11H,6-8H2,(H,12,13)/p-1. The molecule has 1 aromatic carbocycles. The van der Waals surface area contributed by atoms with E-state index in [1.807, 2.05) is 30.3 Å². The van der Waals surface area contributed by atoms with Gasteiger partial charge in [-0.05, 0) is 5.56 Å². The van der Waals surface area contributed by atoms with E-state index in [4.69, 9.17) is 5.11 Å². The van der Waals surface area contributed by atoms with Crippen molar-refractivity contribution < 1.29 is 13.9 Å². The Labute approximate surface area is 85.6 Å². The summed E-state index contributed by atoms with van der Waals surface area (Å²) >= 11 is -2.28. The molecule has 0 fully saturated rings. The van der Waals surface area contributed by atoms with Gasteiger partial charge < -0.3 is 9.66 Å². The van der Waals surface area contributed by atoms with Crippen molar-refractivity contribution >= 4 is 11.3 Å². The smallest absolute Gasteiger partial charge is 0.0568 e. The SMILES string of the molecule is O=S([O-])N(CCO)Cc1ccccc1. The lowest BCUT2D eigenvalue weighted by molar-refractivity contribution is 0.248. The summed E-state index contributed by atoms with van der Waals surface area (Å²) in [5, 5.41) is 8.65. The van der Waals surface area contributed by atoms with Crippen LogP contribution in [0.15, 0.2) is 30.3 Å². The monoisotopic (exact) mass is 214 g/mol. The summed E-state index contributed by atoms with van der Waals surface area (Å²) in [6.45, 7) is 0.267. The summed E-state index contributed by atoms with van der Waals surface area (Å²) < 4.78 is 22.6. The number of benzene rings is 1. The van der Waals surface area contributed by atoms with E-state index in [1.54, 1.807) is 0 Å². The third kappa shape index (κ3) is 3.55. The van der Waals surface area contributed by atoms with Crippen LogP contribution in [0.5, 0.6) is 0 Å². The van der Waals surface area contributed by atoms with E-state index in [9.17, 15) is 8.76 Å². The van der Waals surface area contributed by atoms with Crippen LogP contribution in [0.25, 0.3) is 0 Å². The van der Waals surface area contributed by atoms with Crippen LogP contribution in [0.3, 0.4) is 0 Å². The molecule has 1 atom stereocenters. The molecule has 0 radical (unpaired) electrons. The Morgan fingerprint density at radius 1 is 1.36 bits per heavy atom. The maximum absolute atomic E-state index is 10.7. The Kier molecular flexibility index (Phi) is 4.75. The summed E-state index contributed by atoms with van der Waals surface area (Å²) in [7, 11) is 0. The van der Waals surface area contributed by atoms with Crippen molar-refractivity contribution in [2.75, 3.05) is 13.2 Å². The van der Waals surface area contributed by atoms with E-state index in [0.29, 0.717) is 6.54 Å². The number of aliphatic hydroxyl groups is 1. The molecule has 0 aliphatic rings. The van der Waals surface area contributed by atoms with Crippen LogP contribution in [-0.4, -0.2) is 31.3 Å². The molecule has 0 saturated heterocycles. The first-order valence-corrected chi connectivity index (χ1v) is 5.26. The Hall–Kier alpha value is -0.750. The number of hydrogen-bond donors (Lipinski definition) is 1. The zero-order chi connectivity index (χ0) is 10.4. The fourth-order valence-electron chi connectivity index (χ4n) is 1.10. The molecule has 14 heavy (non-hydrogen) atoms. The minimum atomic E-state index is -2.28. The molecule has 0 spiro atoms. The fourth-order valence-corrected chi connectivity index (χ4v) is 1.59. The van der Waals surface area contributed by atoms with Crippen LogP contribution in [0.2, 0.25) is 0 Å². The highest BCUT2D eigenvalue weighted by Crippen LogP contribution is 2.04. The zero-order valence-corrected chi connectivity index (χ0v) is 8.44. The van der Waals surface area contributed by atoms with Crippen LogP contribution < -0.4 is 0 Å². The van der Waals surface area contributed by atoms with E-state index in [0.717, 1.165) is 5.56 Å². The van der Waals surface area contributed by atoms with Crippen LogP contribution >= 0.6 is 0 Å². The highest BCUT2D eigenvalue weighted by atomic mass is 32.2. The first kappa shape index (κ1) is 11.3. The molecule has 0 aliphatic carbocycles. The fraction of sp³-hybridized carbons (Fsp3) is 0.333. The van der Waals surface area contributed by atoms with Gasteiger partial charge in [0, 0.05) is 24.4 Å². The maximum Gasteiger partial charge on any atom is 0.0568 e. The summed E-state index contributed by atoms with van der Waals surface area (Å²) in [5.41, 5.74) is 0.908. The second kappa shape index (κ2) is 5.87. The average Bonchev–Trinajstić information content (AvgIpc) is 2.18. The highest BCUT2D eigenvalue weighted by Gasteiger charge is 2.04. The van der Waals surface area contributed by atoms with Gasteiger partial charge in [0.1, 0.15) is 0 Å². The molecule has 78 valence electrons. The lowest BCUT2D eigenvalue weighted by atomic mass is 10.2. The molecule has 1 unspecified atom stereocenters. The quantitative estimate of drug-likeness (QED) is 0.716. The highest BCUT2D eigenvalue weighted by molar-refractivity contribution is 7.76. The Balaban J connectivity index is 2.60. The molecule has 0 aliphatic heterocycles. The summed E-state index contributed by atoms with van der Waals surface area (Å²) in [4.78, 5) is 0. The van der Waals surface area contributed by atoms with Crippen molar-refractivity contribution in [2.45, 2.75) is 6.54 Å². The number of rotatable bonds is 5. The first-order valence-electron chi connectivity index (χ1n) is 4.23. The second-order valence-corrected chi connectivity index (χ2v) is 3.74. The van der Waals surface area contributed by atoms with Gasteiger partial charge in [-0.3, -0.25) is 4.21 Å². The Bertz CT molecular complexity index is 291. The largest absolute Gasteiger partial charge is 0.760 e. The van der Waals surface area contributed by atoms with E-state index in [1.165, 1.54) is 4.31 Å². The van der Waals surface area contributed by atoms with Crippen molar-refractivity contribution in [3.8, 4) is 0 Å². The van der Waals surface area contributed by atoms with Crippen molar-refractivity contribution in [3.63, 3.8) is 0 Å². The van der Waals surface area contributed by atoms with Gasteiger partial charge in [0.2, 0.25) is 0 Å². The Morgan fingerprint density at radius 2 is 2.00 bits per heavy atom. The molecule has 0 aromatic heterocycles. The van der Waals surface area contributed by atoms with Gasteiger partial charge in [0.05, 0.1) is 6.61 Å². The van der Waals surface area contributed by atoms with Crippen LogP contribution in [0.1, 0.15) is 5.56 Å². The number of aliphatic hydroxyl groups excluding tert-OH is 1. The predicted octanol–water partition coefficient (Wildman–Crippen LogP) is 0.275. The molecule has 5 heteroatoms.